The van der Waals surface area contributed by atoms with E-state index in [9.17, 15) is 14.4 Å². The molecule has 0 saturated heterocycles. The lowest BCUT2D eigenvalue weighted by atomic mass is 10.00. The summed E-state index contributed by atoms with van der Waals surface area (Å²) in [6.07, 6.45) is 2.47. The summed E-state index contributed by atoms with van der Waals surface area (Å²) < 4.78 is 0.969. The number of amides is 1. The topological polar surface area (TPSA) is 91.0 Å². The van der Waals surface area contributed by atoms with Gasteiger partial charge in [0.25, 0.3) is 5.56 Å². The van der Waals surface area contributed by atoms with Crippen molar-refractivity contribution in [1.82, 2.24) is 19.4 Å². The molecule has 2 N–H and O–H groups in total. The van der Waals surface area contributed by atoms with Crippen molar-refractivity contribution in [3.05, 3.63) is 92.8 Å². The number of H-pyrrole nitrogens is 2. The molecular weight excluding hydrogens is 380 g/mol. The highest BCUT2D eigenvalue weighted by molar-refractivity contribution is 5.91. The molecule has 2 aromatic heterocycles. The van der Waals surface area contributed by atoms with Crippen molar-refractivity contribution in [2.45, 2.75) is 19.5 Å². The normalized spacial score (nSPS) is 13.4. The van der Waals surface area contributed by atoms with Crippen molar-refractivity contribution in [2.75, 3.05) is 6.54 Å². The van der Waals surface area contributed by atoms with Gasteiger partial charge < -0.3 is 14.9 Å². The van der Waals surface area contributed by atoms with Crippen LogP contribution in [-0.4, -0.2) is 31.9 Å². The first-order chi connectivity index (χ1) is 14.6. The Kier molecular flexibility index (Phi) is 4.35. The summed E-state index contributed by atoms with van der Waals surface area (Å²) in [5.74, 6) is -0.244. The van der Waals surface area contributed by atoms with Crippen molar-refractivity contribution < 1.29 is 4.79 Å². The molecule has 0 fully saturated rings. The third-order valence-electron chi connectivity index (χ3n) is 5.68. The summed E-state index contributed by atoms with van der Waals surface area (Å²) in [7, 11) is 0. The van der Waals surface area contributed by atoms with Gasteiger partial charge in [0.15, 0.2) is 0 Å². The maximum atomic E-state index is 13.0. The number of fused-ring (bicyclic) bond motifs is 2. The first-order valence-electron chi connectivity index (χ1n) is 9.86. The molecule has 0 radical (unpaired) electrons. The van der Waals surface area contributed by atoms with E-state index in [0.29, 0.717) is 18.6 Å². The molecule has 2 aromatic carbocycles. The number of hydrogen-bond acceptors (Lipinski definition) is 3. The van der Waals surface area contributed by atoms with E-state index in [-0.39, 0.29) is 18.0 Å². The predicted molar refractivity (Wildman–Crippen MR) is 114 cm³/mol. The molecule has 7 heteroatoms. The first kappa shape index (κ1) is 18.2. The summed E-state index contributed by atoms with van der Waals surface area (Å²) in [6, 6.07) is 17.5. The lowest BCUT2D eigenvalue weighted by Gasteiger charge is -2.29. The summed E-state index contributed by atoms with van der Waals surface area (Å²) in [5.41, 5.74) is 3.61. The highest BCUT2D eigenvalue weighted by Gasteiger charge is 2.22. The lowest BCUT2D eigenvalue weighted by Crippen LogP contribution is -2.43. The second kappa shape index (κ2) is 7.18. The average molecular weight is 400 g/mol. The molecule has 0 spiro atoms. The molecule has 7 nitrogen and oxygen atoms in total. The molecular formula is C23H20N4O3. The van der Waals surface area contributed by atoms with Crippen LogP contribution in [0.4, 0.5) is 0 Å². The zero-order valence-corrected chi connectivity index (χ0v) is 16.2. The minimum atomic E-state index is -0.588. The highest BCUT2D eigenvalue weighted by Crippen LogP contribution is 2.24. The minimum Gasteiger partial charge on any atom is -0.355 e. The van der Waals surface area contributed by atoms with Gasteiger partial charge >= 0.3 is 5.69 Å². The van der Waals surface area contributed by atoms with Crippen LogP contribution in [-0.2, 0) is 24.3 Å². The third-order valence-corrected chi connectivity index (χ3v) is 5.68. The fraction of sp³-hybridized carbons (Fsp3) is 0.174. The van der Waals surface area contributed by atoms with Crippen molar-refractivity contribution in [3.63, 3.8) is 0 Å². The molecule has 150 valence electrons. The van der Waals surface area contributed by atoms with Crippen LogP contribution in [0.3, 0.4) is 0 Å². The van der Waals surface area contributed by atoms with Crippen molar-refractivity contribution in [1.29, 1.82) is 0 Å². The number of rotatable bonds is 3. The molecule has 0 unspecified atom stereocenters. The standard InChI is InChI=1S/C23H20N4O3/c28-19(26-11-10-15-6-4-5-9-17(15)13-26)14-27-22(29)21-20(25-23(27)30)18(12-24-21)16-7-2-1-3-8-16/h1-9,12,24H,10-11,13-14H2,(H,25,30). The number of nitrogens with one attached hydrogen (secondary N) is 2. The Bertz CT molecular complexity index is 1360. The van der Waals surface area contributed by atoms with Crippen LogP contribution in [0.15, 0.2) is 70.4 Å². The largest absolute Gasteiger partial charge is 0.355 e. The second-order valence-corrected chi connectivity index (χ2v) is 7.47. The molecule has 1 amide bonds. The van der Waals surface area contributed by atoms with Crippen molar-refractivity contribution >= 4 is 16.9 Å². The van der Waals surface area contributed by atoms with E-state index >= 15 is 0 Å². The average Bonchev–Trinajstić information content (AvgIpc) is 3.20. The summed E-state index contributed by atoms with van der Waals surface area (Å²) in [6.45, 7) is 0.780. The number of carbonyl (C=O) groups is 1. The molecule has 0 saturated carbocycles. The van der Waals surface area contributed by atoms with Gasteiger partial charge in [-0.3, -0.25) is 9.59 Å². The molecule has 1 aliphatic heterocycles. The predicted octanol–water partition coefficient (Wildman–Crippen LogP) is 2.27. The van der Waals surface area contributed by atoms with Crippen LogP contribution in [0.1, 0.15) is 11.1 Å². The highest BCUT2D eigenvalue weighted by atomic mass is 16.2. The van der Waals surface area contributed by atoms with E-state index in [2.05, 4.69) is 16.0 Å². The molecule has 5 rings (SSSR count). The van der Waals surface area contributed by atoms with Crippen LogP contribution in [0.25, 0.3) is 22.2 Å². The van der Waals surface area contributed by atoms with Gasteiger partial charge in [-0.1, -0.05) is 54.6 Å². The van der Waals surface area contributed by atoms with E-state index in [0.717, 1.165) is 27.7 Å². The van der Waals surface area contributed by atoms with Crippen LogP contribution in [0.5, 0.6) is 0 Å². The molecule has 1 aliphatic rings. The second-order valence-electron chi connectivity index (χ2n) is 7.47. The van der Waals surface area contributed by atoms with Gasteiger partial charge in [0.05, 0.1) is 5.52 Å². The van der Waals surface area contributed by atoms with Gasteiger partial charge in [-0.05, 0) is 23.1 Å². The molecule has 30 heavy (non-hydrogen) atoms. The van der Waals surface area contributed by atoms with E-state index in [1.165, 1.54) is 5.56 Å². The fourth-order valence-electron chi connectivity index (χ4n) is 4.06. The fourth-order valence-corrected chi connectivity index (χ4v) is 4.06. The van der Waals surface area contributed by atoms with E-state index in [1.807, 2.05) is 48.5 Å². The van der Waals surface area contributed by atoms with Gasteiger partial charge in [0.2, 0.25) is 5.91 Å². The number of aromatic amines is 2. The summed E-state index contributed by atoms with van der Waals surface area (Å²) >= 11 is 0. The minimum absolute atomic E-state index is 0.244. The summed E-state index contributed by atoms with van der Waals surface area (Å²) in [4.78, 5) is 45.9. The molecule has 0 atom stereocenters. The van der Waals surface area contributed by atoms with E-state index in [1.54, 1.807) is 11.1 Å². The molecule has 0 aliphatic carbocycles. The summed E-state index contributed by atoms with van der Waals surface area (Å²) in [5, 5.41) is 0. The lowest BCUT2D eigenvalue weighted by molar-refractivity contribution is -0.132. The Morgan fingerprint density at radius 3 is 2.47 bits per heavy atom. The number of hydrogen-bond donors (Lipinski definition) is 2. The Morgan fingerprint density at radius 2 is 1.67 bits per heavy atom. The third kappa shape index (κ3) is 3.04. The quantitative estimate of drug-likeness (QED) is 0.553. The van der Waals surface area contributed by atoms with E-state index < -0.39 is 11.2 Å². The Hall–Kier alpha value is -3.87. The number of benzene rings is 2. The van der Waals surface area contributed by atoms with Gasteiger partial charge in [0.1, 0.15) is 12.1 Å². The van der Waals surface area contributed by atoms with Crippen molar-refractivity contribution in [2.24, 2.45) is 0 Å². The zero-order valence-electron chi connectivity index (χ0n) is 16.2. The monoisotopic (exact) mass is 400 g/mol. The van der Waals surface area contributed by atoms with Gasteiger partial charge in [-0.15, -0.1) is 0 Å². The number of aromatic nitrogens is 3. The smallest absolute Gasteiger partial charge is 0.329 e. The SMILES string of the molecule is O=C(Cn1c(=O)[nH]c2c(-c3ccccc3)c[nH]c2c1=O)N1CCc2ccccc2C1. The van der Waals surface area contributed by atoms with E-state index in [4.69, 9.17) is 0 Å². The Balaban J connectivity index is 1.46. The molecule has 4 aromatic rings. The van der Waals surface area contributed by atoms with Gasteiger partial charge in [-0.2, -0.15) is 0 Å². The number of nitrogens with zero attached hydrogens (tertiary/aromatic N) is 2. The van der Waals surface area contributed by atoms with Crippen LogP contribution >= 0.6 is 0 Å². The van der Waals surface area contributed by atoms with Gasteiger partial charge in [-0.25, -0.2) is 9.36 Å². The van der Waals surface area contributed by atoms with Crippen molar-refractivity contribution in [3.8, 4) is 11.1 Å². The maximum Gasteiger partial charge on any atom is 0.329 e. The molecule has 0 bridgehead atoms. The van der Waals surface area contributed by atoms with Crippen LogP contribution in [0, 0.1) is 0 Å². The van der Waals surface area contributed by atoms with Crippen LogP contribution < -0.4 is 11.2 Å². The first-order valence-corrected chi connectivity index (χ1v) is 9.86. The zero-order chi connectivity index (χ0) is 20.7. The van der Waals surface area contributed by atoms with Gasteiger partial charge in [0, 0.05) is 24.8 Å². The Morgan fingerprint density at radius 1 is 0.933 bits per heavy atom. The Labute approximate surface area is 171 Å². The number of carbonyl (C=O) groups excluding carboxylic acids is 1. The molecule has 3 heterocycles. The maximum absolute atomic E-state index is 13.0. The van der Waals surface area contributed by atoms with Crippen LogP contribution in [0.2, 0.25) is 0 Å².